The zero-order valence-electron chi connectivity index (χ0n) is 11.7. The number of hydrogen-bond donors (Lipinski definition) is 1. The van der Waals surface area contributed by atoms with E-state index in [4.69, 9.17) is 0 Å². The molecular formula is C13H19BrN4O2. The highest BCUT2D eigenvalue weighted by atomic mass is 79.9. The summed E-state index contributed by atoms with van der Waals surface area (Å²) in [6, 6.07) is -0.533. The van der Waals surface area contributed by atoms with Crippen LogP contribution in [0.25, 0.3) is 0 Å². The summed E-state index contributed by atoms with van der Waals surface area (Å²) in [5.41, 5.74) is 0.297. The second kappa shape index (κ2) is 6.39. The van der Waals surface area contributed by atoms with Crippen molar-refractivity contribution in [3.05, 3.63) is 16.4 Å². The van der Waals surface area contributed by atoms with E-state index in [1.54, 1.807) is 24.9 Å². The third-order valence-corrected chi connectivity index (χ3v) is 3.97. The summed E-state index contributed by atoms with van der Waals surface area (Å²) in [4.78, 5) is 26.1. The van der Waals surface area contributed by atoms with Gasteiger partial charge in [-0.15, -0.1) is 0 Å². The van der Waals surface area contributed by atoms with Crippen LogP contribution in [0.15, 0.2) is 10.7 Å². The maximum Gasteiger partial charge on any atom is 0.273 e. The summed E-state index contributed by atoms with van der Waals surface area (Å²) in [6.07, 6.45) is 4.95. The van der Waals surface area contributed by atoms with E-state index in [0.717, 1.165) is 25.9 Å². The molecular weight excluding hydrogens is 324 g/mol. The van der Waals surface area contributed by atoms with E-state index in [2.05, 4.69) is 26.3 Å². The Morgan fingerprint density at radius 3 is 2.55 bits per heavy atom. The average molecular weight is 343 g/mol. The molecule has 1 aliphatic heterocycles. The summed E-state index contributed by atoms with van der Waals surface area (Å²) in [5, 5.41) is 6.78. The van der Waals surface area contributed by atoms with Gasteiger partial charge in [0.1, 0.15) is 6.04 Å². The normalized spacial score (nSPS) is 16.9. The first-order valence-electron chi connectivity index (χ1n) is 6.78. The number of halogens is 1. The van der Waals surface area contributed by atoms with Crippen molar-refractivity contribution < 1.29 is 9.59 Å². The van der Waals surface area contributed by atoms with Gasteiger partial charge in [-0.3, -0.25) is 14.3 Å². The third-order valence-electron chi connectivity index (χ3n) is 3.38. The number of hydrogen-bond acceptors (Lipinski definition) is 3. The molecule has 1 aromatic rings. The minimum Gasteiger partial charge on any atom is -0.341 e. The monoisotopic (exact) mass is 342 g/mol. The SMILES string of the molecule is CC(NC(=O)c1nn(C)cc1Br)C(=O)N1CCCCC1. The number of aryl methyl sites for hydroxylation is 1. The molecule has 7 heteroatoms. The highest BCUT2D eigenvalue weighted by Gasteiger charge is 2.25. The Labute approximate surface area is 126 Å². The molecule has 1 N–H and O–H groups in total. The van der Waals surface area contributed by atoms with E-state index in [1.165, 1.54) is 6.42 Å². The van der Waals surface area contributed by atoms with Crippen molar-refractivity contribution in [1.29, 1.82) is 0 Å². The van der Waals surface area contributed by atoms with Crippen LogP contribution in [0.2, 0.25) is 0 Å². The van der Waals surface area contributed by atoms with Gasteiger partial charge in [-0.1, -0.05) is 0 Å². The second-order valence-corrected chi connectivity index (χ2v) is 5.93. The van der Waals surface area contributed by atoms with Gasteiger partial charge >= 0.3 is 0 Å². The lowest BCUT2D eigenvalue weighted by Gasteiger charge is -2.29. The van der Waals surface area contributed by atoms with Crippen LogP contribution in [0.4, 0.5) is 0 Å². The van der Waals surface area contributed by atoms with Crippen molar-refractivity contribution in [2.24, 2.45) is 7.05 Å². The van der Waals surface area contributed by atoms with E-state index in [9.17, 15) is 9.59 Å². The predicted molar refractivity (Wildman–Crippen MR) is 78.3 cm³/mol. The molecule has 0 bridgehead atoms. The van der Waals surface area contributed by atoms with E-state index < -0.39 is 6.04 Å². The summed E-state index contributed by atoms with van der Waals surface area (Å²) in [7, 11) is 1.74. The van der Waals surface area contributed by atoms with Crippen molar-refractivity contribution >= 4 is 27.7 Å². The molecule has 2 amide bonds. The number of piperidine rings is 1. The summed E-state index contributed by atoms with van der Waals surface area (Å²) in [6.45, 7) is 3.28. The van der Waals surface area contributed by atoms with Crippen LogP contribution >= 0.6 is 15.9 Å². The molecule has 1 fully saturated rings. The Kier molecular flexibility index (Phi) is 4.80. The Hall–Kier alpha value is -1.37. The molecule has 1 unspecified atom stereocenters. The maximum absolute atomic E-state index is 12.2. The Morgan fingerprint density at radius 1 is 1.35 bits per heavy atom. The van der Waals surface area contributed by atoms with Crippen molar-refractivity contribution in [3.8, 4) is 0 Å². The van der Waals surface area contributed by atoms with Crippen LogP contribution in [-0.4, -0.2) is 45.6 Å². The highest BCUT2D eigenvalue weighted by Crippen LogP contribution is 2.14. The Morgan fingerprint density at radius 2 is 2.00 bits per heavy atom. The zero-order chi connectivity index (χ0) is 14.7. The summed E-state index contributed by atoms with van der Waals surface area (Å²) in [5.74, 6) is -0.361. The van der Waals surface area contributed by atoms with E-state index in [-0.39, 0.29) is 11.8 Å². The smallest absolute Gasteiger partial charge is 0.273 e. The molecule has 0 spiro atoms. The maximum atomic E-state index is 12.2. The fraction of sp³-hybridized carbons (Fsp3) is 0.615. The summed E-state index contributed by atoms with van der Waals surface area (Å²) < 4.78 is 2.17. The molecule has 0 aromatic carbocycles. The van der Waals surface area contributed by atoms with Gasteiger partial charge in [0, 0.05) is 26.3 Å². The fourth-order valence-electron chi connectivity index (χ4n) is 2.33. The lowest BCUT2D eigenvalue weighted by molar-refractivity contribution is -0.133. The average Bonchev–Trinajstić information content (AvgIpc) is 2.78. The van der Waals surface area contributed by atoms with E-state index in [1.807, 2.05) is 4.90 Å². The lowest BCUT2D eigenvalue weighted by atomic mass is 10.1. The van der Waals surface area contributed by atoms with Gasteiger partial charge < -0.3 is 10.2 Å². The second-order valence-electron chi connectivity index (χ2n) is 5.08. The minimum atomic E-state index is -0.533. The first-order valence-corrected chi connectivity index (χ1v) is 7.57. The molecule has 2 rings (SSSR count). The van der Waals surface area contributed by atoms with E-state index in [0.29, 0.717) is 10.2 Å². The number of nitrogens with zero attached hydrogens (tertiary/aromatic N) is 3. The number of carbonyl (C=O) groups is 2. The van der Waals surface area contributed by atoms with Crippen LogP contribution in [0, 0.1) is 0 Å². The molecule has 0 radical (unpaired) electrons. The first kappa shape index (κ1) is 15.0. The van der Waals surface area contributed by atoms with Crippen LogP contribution in [0.3, 0.4) is 0 Å². The number of amides is 2. The van der Waals surface area contributed by atoms with Crippen LogP contribution in [0.1, 0.15) is 36.7 Å². The van der Waals surface area contributed by atoms with Gasteiger partial charge in [0.15, 0.2) is 5.69 Å². The number of likely N-dealkylation sites (tertiary alicyclic amines) is 1. The molecule has 1 atom stereocenters. The molecule has 1 aliphatic rings. The number of carbonyl (C=O) groups excluding carboxylic acids is 2. The number of rotatable bonds is 3. The minimum absolute atomic E-state index is 0.0231. The molecule has 0 aliphatic carbocycles. The predicted octanol–water partition coefficient (Wildman–Crippen LogP) is 1.31. The van der Waals surface area contributed by atoms with Crippen molar-refractivity contribution in [2.75, 3.05) is 13.1 Å². The third kappa shape index (κ3) is 3.39. The van der Waals surface area contributed by atoms with Gasteiger partial charge in [-0.25, -0.2) is 0 Å². The first-order chi connectivity index (χ1) is 9.49. The number of nitrogens with one attached hydrogen (secondary N) is 1. The van der Waals surface area contributed by atoms with Crippen LogP contribution in [-0.2, 0) is 11.8 Å². The van der Waals surface area contributed by atoms with Gasteiger partial charge in [0.25, 0.3) is 5.91 Å². The topological polar surface area (TPSA) is 67.2 Å². The van der Waals surface area contributed by atoms with E-state index >= 15 is 0 Å². The molecule has 1 aromatic heterocycles. The molecule has 1 saturated heterocycles. The zero-order valence-corrected chi connectivity index (χ0v) is 13.3. The van der Waals surface area contributed by atoms with Gasteiger partial charge in [-0.05, 0) is 42.1 Å². The summed E-state index contributed by atoms with van der Waals surface area (Å²) >= 11 is 3.28. The van der Waals surface area contributed by atoms with Crippen molar-refractivity contribution in [1.82, 2.24) is 20.0 Å². The largest absolute Gasteiger partial charge is 0.341 e. The fourth-order valence-corrected chi connectivity index (χ4v) is 2.88. The van der Waals surface area contributed by atoms with Crippen LogP contribution < -0.4 is 5.32 Å². The van der Waals surface area contributed by atoms with Crippen molar-refractivity contribution in [2.45, 2.75) is 32.2 Å². The van der Waals surface area contributed by atoms with Crippen LogP contribution in [0.5, 0.6) is 0 Å². The quantitative estimate of drug-likeness (QED) is 0.900. The Bertz CT molecular complexity index is 508. The molecule has 110 valence electrons. The molecule has 6 nitrogen and oxygen atoms in total. The standard InChI is InChI=1S/C13H19BrN4O2/c1-9(13(20)18-6-4-3-5-7-18)15-12(19)11-10(14)8-17(2)16-11/h8-9H,3-7H2,1-2H3,(H,15,19). The Balaban J connectivity index is 1.96. The molecule has 20 heavy (non-hydrogen) atoms. The van der Waals surface area contributed by atoms with Gasteiger partial charge in [0.2, 0.25) is 5.91 Å². The van der Waals surface area contributed by atoms with Gasteiger partial charge in [0.05, 0.1) is 4.47 Å². The van der Waals surface area contributed by atoms with Crippen molar-refractivity contribution in [3.63, 3.8) is 0 Å². The molecule has 0 saturated carbocycles. The number of aromatic nitrogens is 2. The lowest BCUT2D eigenvalue weighted by Crippen LogP contribution is -2.48. The van der Waals surface area contributed by atoms with Gasteiger partial charge in [-0.2, -0.15) is 5.10 Å². The molecule has 2 heterocycles. The highest BCUT2D eigenvalue weighted by molar-refractivity contribution is 9.10.